The van der Waals surface area contributed by atoms with Crippen molar-refractivity contribution < 1.29 is 4.74 Å². The third-order valence-corrected chi connectivity index (χ3v) is 4.18. The highest BCUT2D eigenvalue weighted by atomic mass is 16.5. The van der Waals surface area contributed by atoms with Crippen LogP contribution in [0.1, 0.15) is 45.2 Å². The highest BCUT2D eigenvalue weighted by Gasteiger charge is 2.27. The van der Waals surface area contributed by atoms with Crippen LogP contribution in [-0.4, -0.2) is 20.2 Å². The van der Waals surface area contributed by atoms with Crippen LogP contribution >= 0.6 is 0 Å². The van der Waals surface area contributed by atoms with Crippen LogP contribution in [0.5, 0.6) is 5.75 Å². The van der Waals surface area contributed by atoms with E-state index in [1.54, 1.807) is 7.11 Å². The molecule has 0 amide bonds. The Labute approximate surface area is 116 Å². The van der Waals surface area contributed by atoms with Gasteiger partial charge in [0, 0.05) is 30.4 Å². The molecule has 1 saturated heterocycles. The van der Waals surface area contributed by atoms with Gasteiger partial charge in [0.1, 0.15) is 5.75 Å². The number of hydrogen-bond donors (Lipinski definition) is 1. The number of hydrogen-bond acceptors (Lipinski definition) is 3. The fraction of sp³-hybridized carbons (Fsp3) is 0.625. The van der Waals surface area contributed by atoms with E-state index in [9.17, 15) is 0 Å². The van der Waals surface area contributed by atoms with E-state index in [1.165, 1.54) is 18.5 Å². The van der Waals surface area contributed by atoms with E-state index in [0.29, 0.717) is 5.41 Å². The number of rotatable bonds is 3. The molecule has 1 heterocycles. The Balaban J connectivity index is 2.30. The molecule has 3 heteroatoms. The van der Waals surface area contributed by atoms with Crippen LogP contribution in [0, 0.1) is 5.41 Å². The van der Waals surface area contributed by atoms with Crippen LogP contribution in [0.25, 0.3) is 0 Å². The summed E-state index contributed by atoms with van der Waals surface area (Å²) in [6.45, 7) is 8.92. The van der Waals surface area contributed by atoms with Crippen molar-refractivity contribution in [2.45, 2.75) is 39.7 Å². The highest BCUT2D eigenvalue weighted by Crippen LogP contribution is 2.38. The van der Waals surface area contributed by atoms with Gasteiger partial charge >= 0.3 is 0 Å². The maximum Gasteiger partial charge on any atom is 0.125 e. The lowest BCUT2D eigenvalue weighted by Gasteiger charge is -2.39. The topological polar surface area (TPSA) is 38.5 Å². The molecule has 2 rings (SSSR count). The van der Waals surface area contributed by atoms with E-state index in [2.05, 4.69) is 30.9 Å². The fourth-order valence-corrected chi connectivity index (χ4v) is 2.80. The van der Waals surface area contributed by atoms with Crippen molar-refractivity contribution in [1.29, 1.82) is 0 Å². The van der Waals surface area contributed by atoms with Gasteiger partial charge < -0.3 is 15.4 Å². The number of nitrogens with zero attached hydrogens (tertiary/aromatic N) is 1. The van der Waals surface area contributed by atoms with Gasteiger partial charge in [-0.25, -0.2) is 0 Å². The molecule has 0 bridgehead atoms. The average Bonchev–Trinajstić information content (AvgIpc) is 2.37. The summed E-state index contributed by atoms with van der Waals surface area (Å²) in [6, 6.07) is 6.20. The highest BCUT2D eigenvalue weighted by molar-refractivity contribution is 5.61. The lowest BCUT2D eigenvalue weighted by atomic mass is 9.82. The summed E-state index contributed by atoms with van der Waals surface area (Å²) in [5.74, 6) is 0.900. The van der Waals surface area contributed by atoms with Crippen LogP contribution in [0.2, 0.25) is 0 Å². The van der Waals surface area contributed by atoms with Gasteiger partial charge in [-0.2, -0.15) is 0 Å². The standard InChI is InChI=1S/C16H26N2O/c1-12(17)15-13(6-5-7-14(15)19-4)18-10-8-16(2,3)9-11-18/h5-7,12H,8-11,17H2,1-4H3. The first-order valence-corrected chi connectivity index (χ1v) is 7.12. The molecule has 1 aromatic carbocycles. The van der Waals surface area contributed by atoms with E-state index in [0.717, 1.165) is 24.4 Å². The number of benzene rings is 1. The zero-order chi connectivity index (χ0) is 14.0. The Morgan fingerprint density at radius 2 is 1.89 bits per heavy atom. The second-order valence-electron chi connectivity index (χ2n) is 6.33. The van der Waals surface area contributed by atoms with E-state index in [-0.39, 0.29) is 6.04 Å². The Morgan fingerprint density at radius 3 is 2.42 bits per heavy atom. The third kappa shape index (κ3) is 3.03. The molecular formula is C16H26N2O. The van der Waals surface area contributed by atoms with Crippen LogP contribution in [0.15, 0.2) is 18.2 Å². The van der Waals surface area contributed by atoms with Gasteiger partial charge in [-0.1, -0.05) is 19.9 Å². The normalized spacial score (nSPS) is 20.2. The monoisotopic (exact) mass is 262 g/mol. The van der Waals surface area contributed by atoms with Crippen molar-refractivity contribution in [3.8, 4) is 5.75 Å². The van der Waals surface area contributed by atoms with Gasteiger partial charge in [-0.3, -0.25) is 0 Å². The molecule has 1 unspecified atom stereocenters. The van der Waals surface area contributed by atoms with Crippen molar-refractivity contribution in [1.82, 2.24) is 0 Å². The quantitative estimate of drug-likeness (QED) is 0.908. The molecule has 0 aliphatic carbocycles. The van der Waals surface area contributed by atoms with Crippen molar-refractivity contribution in [2.75, 3.05) is 25.1 Å². The molecule has 0 spiro atoms. The zero-order valence-corrected chi connectivity index (χ0v) is 12.6. The maximum absolute atomic E-state index is 6.14. The molecule has 1 fully saturated rings. The first-order valence-electron chi connectivity index (χ1n) is 7.12. The van der Waals surface area contributed by atoms with Crippen molar-refractivity contribution in [3.63, 3.8) is 0 Å². The molecule has 0 saturated carbocycles. The average molecular weight is 262 g/mol. The van der Waals surface area contributed by atoms with E-state index >= 15 is 0 Å². The molecule has 0 radical (unpaired) electrons. The van der Waals surface area contributed by atoms with Crippen LogP contribution in [0.4, 0.5) is 5.69 Å². The first kappa shape index (κ1) is 14.2. The third-order valence-electron chi connectivity index (χ3n) is 4.18. The molecule has 1 aromatic rings. The van der Waals surface area contributed by atoms with Crippen LogP contribution in [-0.2, 0) is 0 Å². The molecule has 1 aliphatic rings. The summed E-state index contributed by atoms with van der Waals surface area (Å²) < 4.78 is 5.47. The SMILES string of the molecule is COc1cccc(N2CCC(C)(C)CC2)c1C(C)N. The zero-order valence-electron chi connectivity index (χ0n) is 12.6. The summed E-state index contributed by atoms with van der Waals surface area (Å²) in [4.78, 5) is 2.45. The van der Waals surface area contributed by atoms with Crippen molar-refractivity contribution >= 4 is 5.69 Å². The molecular weight excluding hydrogens is 236 g/mol. The number of anilines is 1. The van der Waals surface area contributed by atoms with Gasteiger partial charge in [-0.15, -0.1) is 0 Å². The molecule has 3 nitrogen and oxygen atoms in total. The number of ether oxygens (including phenoxy) is 1. The summed E-state index contributed by atoms with van der Waals surface area (Å²) in [6.07, 6.45) is 2.45. The Morgan fingerprint density at radius 1 is 1.26 bits per heavy atom. The van der Waals surface area contributed by atoms with Gasteiger partial charge in [0.15, 0.2) is 0 Å². The van der Waals surface area contributed by atoms with Gasteiger partial charge in [0.25, 0.3) is 0 Å². The van der Waals surface area contributed by atoms with Crippen molar-refractivity contribution in [3.05, 3.63) is 23.8 Å². The second-order valence-corrected chi connectivity index (χ2v) is 6.33. The molecule has 1 aliphatic heterocycles. The van der Waals surface area contributed by atoms with Gasteiger partial charge in [-0.05, 0) is 37.3 Å². The number of methoxy groups -OCH3 is 1. The number of nitrogens with two attached hydrogens (primary N) is 1. The van der Waals surface area contributed by atoms with Gasteiger partial charge in [0.2, 0.25) is 0 Å². The predicted molar refractivity (Wildman–Crippen MR) is 80.8 cm³/mol. The lowest BCUT2D eigenvalue weighted by Crippen LogP contribution is -2.38. The lowest BCUT2D eigenvalue weighted by molar-refractivity contribution is 0.279. The Bertz CT molecular complexity index is 430. The summed E-state index contributed by atoms with van der Waals surface area (Å²) in [5.41, 5.74) is 8.98. The van der Waals surface area contributed by atoms with Gasteiger partial charge in [0.05, 0.1) is 7.11 Å². The molecule has 1 atom stereocenters. The largest absolute Gasteiger partial charge is 0.496 e. The molecule has 0 aromatic heterocycles. The molecule has 2 N–H and O–H groups in total. The van der Waals surface area contributed by atoms with Crippen LogP contribution < -0.4 is 15.4 Å². The second kappa shape index (κ2) is 5.41. The number of piperidine rings is 1. The minimum Gasteiger partial charge on any atom is -0.496 e. The minimum atomic E-state index is -0.0129. The molecule has 106 valence electrons. The van der Waals surface area contributed by atoms with Crippen molar-refractivity contribution in [2.24, 2.45) is 11.1 Å². The Kier molecular flexibility index (Phi) is 4.04. The van der Waals surface area contributed by atoms with Crippen LogP contribution in [0.3, 0.4) is 0 Å². The summed E-state index contributed by atoms with van der Waals surface area (Å²) in [7, 11) is 1.71. The summed E-state index contributed by atoms with van der Waals surface area (Å²) >= 11 is 0. The minimum absolute atomic E-state index is 0.0129. The fourth-order valence-electron chi connectivity index (χ4n) is 2.80. The van der Waals surface area contributed by atoms with E-state index < -0.39 is 0 Å². The maximum atomic E-state index is 6.14. The smallest absolute Gasteiger partial charge is 0.125 e. The first-order chi connectivity index (χ1) is 8.94. The molecule has 19 heavy (non-hydrogen) atoms. The predicted octanol–water partition coefficient (Wildman–Crippen LogP) is 3.34. The van der Waals surface area contributed by atoms with E-state index in [1.807, 2.05) is 13.0 Å². The van der Waals surface area contributed by atoms with E-state index in [4.69, 9.17) is 10.5 Å². The summed E-state index contributed by atoms with van der Waals surface area (Å²) in [5, 5.41) is 0. The Hall–Kier alpha value is -1.22.